The van der Waals surface area contributed by atoms with Crippen LogP contribution in [0.4, 0.5) is 0 Å². The monoisotopic (exact) mass is 383 g/mol. The van der Waals surface area contributed by atoms with E-state index in [0.29, 0.717) is 16.9 Å². The molecule has 0 fully saturated rings. The standard InChI is InChI=1S/C16H14ClNO6S/c1-9-6-11(24-8-15(19)20)3-4-12(9)16(21)10-2-5-13(17)14(7-10)25(18,22)23/h2-7H,8H2,1H3,(H,19,20)(H2,18,22,23). The van der Waals surface area contributed by atoms with Crippen LogP contribution < -0.4 is 9.88 Å². The molecule has 2 rings (SSSR count). The number of primary sulfonamides is 1. The molecule has 0 atom stereocenters. The first kappa shape index (κ1) is 18.9. The van der Waals surface area contributed by atoms with Crippen molar-refractivity contribution in [3.8, 4) is 5.75 Å². The number of hydrogen-bond acceptors (Lipinski definition) is 5. The zero-order valence-corrected chi connectivity index (χ0v) is 14.6. The molecule has 132 valence electrons. The van der Waals surface area contributed by atoms with E-state index >= 15 is 0 Å². The largest absolute Gasteiger partial charge is 0.482 e. The summed E-state index contributed by atoms with van der Waals surface area (Å²) in [6, 6.07) is 8.25. The molecule has 7 nitrogen and oxygen atoms in total. The van der Waals surface area contributed by atoms with Crippen LogP contribution in [0.1, 0.15) is 21.5 Å². The van der Waals surface area contributed by atoms with Gasteiger partial charge in [0.2, 0.25) is 10.0 Å². The Bertz CT molecular complexity index is 955. The van der Waals surface area contributed by atoms with Crippen LogP contribution in [-0.4, -0.2) is 31.9 Å². The molecule has 0 unspecified atom stereocenters. The molecule has 0 saturated heterocycles. The van der Waals surface area contributed by atoms with Crippen molar-refractivity contribution in [1.82, 2.24) is 0 Å². The number of sulfonamides is 1. The number of aliphatic carboxylic acids is 1. The molecule has 0 aliphatic heterocycles. The first-order valence-corrected chi connectivity index (χ1v) is 8.84. The summed E-state index contributed by atoms with van der Waals surface area (Å²) in [5.41, 5.74) is 0.959. The van der Waals surface area contributed by atoms with Crippen molar-refractivity contribution < 1.29 is 27.9 Å². The zero-order valence-electron chi connectivity index (χ0n) is 13.0. The van der Waals surface area contributed by atoms with E-state index in [9.17, 15) is 18.0 Å². The van der Waals surface area contributed by atoms with Crippen LogP contribution in [0.15, 0.2) is 41.3 Å². The number of ether oxygens (including phenoxy) is 1. The second-order valence-electron chi connectivity index (χ2n) is 5.18. The number of hydrogen-bond donors (Lipinski definition) is 2. The number of carbonyl (C=O) groups is 2. The van der Waals surface area contributed by atoms with Crippen molar-refractivity contribution in [1.29, 1.82) is 0 Å². The lowest BCUT2D eigenvalue weighted by Gasteiger charge is -2.10. The smallest absolute Gasteiger partial charge is 0.341 e. The number of ketones is 1. The number of aryl methyl sites for hydroxylation is 1. The molecule has 0 heterocycles. The molecule has 0 amide bonds. The summed E-state index contributed by atoms with van der Waals surface area (Å²) in [6.07, 6.45) is 0. The van der Waals surface area contributed by atoms with Crippen molar-refractivity contribution in [2.45, 2.75) is 11.8 Å². The molecule has 0 aromatic heterocycles. The lowest BCUT2D eigenvalue weighted by molar-refractivity contribution is -0.139. The average molecular weight is 384 g/mol. The van der Waals surface area contributed by atoms with Crippen LogP contribution in [0.5, 0.6) is 5.75 Å². The van der Waals surface area contributed by atoms with Gasteiger partial charge >= 0.3 is 5.97 Å². The summed E-state index contributed by atoms with van der Waals surface area (Å²) in [7, 11) is -4.06. The number of carbonyl (C=O) groups excluding carboxylic acids is 1. The number of carboxylic acids is 1. The SMILES string of the molecule is Cc1cc(OCC(=O)O)ccc1C(=O)c1ccc(Cl)c(S(N)(=O)=O)c1. The fraction of sp³-hybridized carbons (Fsp3) is 0.125. The minimum Gasteiger partial charge on any atom is -0.482 e. The highest BCUT2D eigenvalue weighted by molar-refractivity contribution is 7.89. The van der Waals surface area contributed by atoms with Gasteiger partial charge in [-0.1, -0.05) is 11.6 Å². The summed E-state index contributed by atoms with van der Waals surface area (Å²) in [6.45, 7) is 1.15. The lowest BCUT2D eigenvalue weighted by atomic mass is 9.99. The van der Waals surface area contributed by atoms with E-state index in [2.05, 4.69) is 0 Å². The van der Waals surface area contributed by atoms with Crippen LogP contribution >= 0.6 is 11.6 Å². The van der Waals surface area contributed by atoms with Gasteiger partial charge in [0, 0.05) is 11.1 Å². The van der Waals surface area contributed by atoms with Crippen molar-refractivity contribution in [2.75, 3.05) is 6.61 Å². The molecule has 0 radical (unpaired) electrons. The van der Waals surface area contributed by atoms with E-state index in [1.54, 1.807) is 6.92 Å². The number of halogens is 1. The molecule has 3 N–H and O–H groups in total. The highest BCUT2D eigenvalue weighted by Gasteiger charge is 2.18. The first-order valence-electron chi connectivity index (χ1n) is 6.92. The predicted octanol–water partition coefficient (Wildman–Crippen LogP) is 1.99. The Morgan fingerprint density at radius 2 is 1.88 bits per heavy atom. The number of nitrogens with two attached hydrogens (primary N) is 1. The fourth-order valence-electron chi connectivity index (χ4n) is 2.14. The Kier molecular flexibility index (Phi) is 5.46. The van der Waals surface area contributed by atoms with E-state index in [1.807, 2.05) is 0 Å². The minimum atomic E-state index is -4.06. The minimum absolute atomic E-state index is 0.0757. The van der Waals surface area contributed by atoms with Gasteiger partial charge in [0.1, 0.15) is 10.6 Å². The molecular weight excluding hydrogens is 370 g/mol. The van der Waals surface area contributed by atoms with Crippen molar-refractivity contribution in [3.63, 3.8) is 0 Å². The number of benzene rings is 2. The Hall–Kier alpha value is -2.42. The van der Waals surface area contributed by atoms with E-state index in [1.165, 1.54) is 30.3 Å². The molecule has 0 bridgehead atoms. The summed E-state index contributed by atoms with van der Waals surface area (Å²) < 4.78 is 28.1. The average Bonchev–Trinajstić information content (AvgIpc) is 2.51. The van der Waals surface area contributed by atoms with Gasteiger partial charge in [0.05, 0.1) is 5.02 Å². The van der Waals surface area contributed by atoms with Gasteiger partial charge in [-0.2, -0.15) is 0 Å². The molecule has 2 aromatic rings. The highest BCUT2D eigenvalue weighted by atomic mass is 35.5. The molecule has 0 aliphatic rings. The van der Waals surface area contributed by atoms with E-state index in [0.717, 1.165) is 6.07 Å². The van der Waals surface area contributed by atoms with Crippen LogP contribution in [0.25, 0.3) is 0 Å². The van der Waals surface area contributed by atoms with Gasteiger partial charge in [-0.15, -0.1) is 0 Å². The van der Waals surface area contributed by atoms with Gasteiger partial charge in [-0.25, -0.2) is 18.4 Å². The quantitative estimate of drug-likeness (QED) is 0.735. The molecule has 25 heavy (non-hydrogen) atoms. The van der Waals surface area contributed by atoms with Gasteiger partial charge in [-0.05, 0) is 48.9 Å². The third-order valence-corrected chi connectivity index (χ3v) is 4.70. The summed E-state index contributed by atoms with van der Waals surface area (Å²) in [5.74, 6) is -1.24. The number of rotatable bonds is 6. The van der Waals surface area contributed by atoms with Crippen LogP contribution in [-0.2, 0) is 14.8 Å². The molecule has 2 aromatic carbocycles. The van der Waals surface area contributed by atoms with Crippen LogP contribution in [0.2, 0.25) is 5.02 Å². The lowest BCUT2D eigenvalue weighted by Crippen LogP contribution is -2.14. The van der Waals surface area contributed by atoms with Gasteiger partial charge in [0.25, 0.3) is 0 Å². The summed E-state index contributed by atoms with van der Waals surface area (Å²) >= 11 is 5.81. The second kappa shape index (κ2) is 7.22. The van der Waals surface area contributed by atoms with Crippen molar-refractivity contribution in [2.24, 2.45) is 5.14 Å². The summed E-state index contributed by atoms with van der Waals surface area (Å²) in [4.78, 5) is 22.8. The van der Waals surface area contributed by atoms with E-state index < -0.39 is 28.4 Å². The Labute approximate surface area is 149 Å². The van der Waals surface area contributed by atoms with Crippen molar-refractivity contribution >= 4 is 33.4 Å². The third kappa shape index (κ3) is 4.56. The first-order chi connectivity index (χ1) is 11.6. The predicted molar refractivity (Wildman–Crippen MR) is 90.6 cm³/mol. The molecule has 0 saturated carbocycles. The Morgan fingerprint density at radius 1 is 1.20 bits per heavy atom. The van der Waals surface area contributed by atoms with Crippen molar-refractivity contribution in [3.05, 3.63) is 58.1 Å². The van der Waals surface area contributed by atoms with Gasteiger partial charge < -0.3 is 9.84 Å². The second-order valence-corrected chi connectivity index (χ2v) is 7.12. The molecule has 0 aliphatic carbocycles. The maximum Gasteiger partial charge on any atom is 0.341 e. The highest BCUT2D eigenvalue weighted by Crippen LogP contribution is 2.25. The van der Waals surface area contributed by atoms with E-state index in [4.69, 9.17) is 26.6 Å². The Morgan fingerprint density at radius 3 is 2.44 bits per heavy atom. The summed E-state index contributed by atoms with van der Waals surface area (Å²) in [5, 5.41) is 13.6. The van der Waals surface area contributed by atoms with Gasteiger partial charge in [0.15, 0.2) is 12.4 Å². The maximum absolute atomic E-state index is 12.6. The fourth-order valence-corrected chi connectivity index (χ4v) is 3.22. The normalized spacial score (nSPS) is 11.2. The van der Waals surface area contributed by atoms with Crippen LogP contribution in [0, 0.1) is 6.92 Å². The van der Waals surface area contributed by atoms with Crippen LogP contribution in [0.3, 0.4) is 0 Å². The third-order valence-electron chi connectivity index (χ3n) is 3.30. The van der Waals surface area contributed by atoms with E-state index in [-0.39, 0.29) is 15.5 Å². The van der Waals surface area contributed by atoms with Gasteiger partial charge in [-0.3, -0.25) is 4.79 Å². The topological polar surface area (TPSA) is 124 Å². The maximum atomic E-state index is 12.6. The molecular formula is C16H14ClNO6S. The Balaban J connectivity index is 2.37. The number of carboxylic acid groups (broad SMARTS) is 1. The molecule has 0 spiro atoms. The molecule has 9 heteroatoms. The zero-order chi connectivity index (χ0) is 18.8.